The van der Waals surface area contributed by atoms with Gasteiger partial charge in [0.15, 0.2) is 0 Å². The fourth-order valence-corrected chi connectivity index (χ4v) is 1.66. The van der Waals surface area contributed by atoms with Crippen molar-refractivity contribution in [1.82, 2.24) is 4.98 Å². The van der Waals surface area contributed by atoms with Crippen molar-refractivity contribution in [3.8, 4) is 11.1 Å². The van der Waals surface area contributed by atoms with Gasteiger partial charge in [0.25, 0.3) is 0 Å². The Morgan fingerprint density at radius 2 is 1.87 bits per heavy atom. The van der Waals surface area contributed by atoms with E-state index in [1.165, 1.54) is 12.1 Å². The Kier molecular flexibility index (Phi) is 2.97. The molecule has 0 N–H and O–H groups in total. The zero-order valence-corrected chi connectivity index (χ0v) is 8.71. The van der Waals surface area contributed by atoms with Crippen molar-refractivity contribution in [3.05, 3.63) is 54.1 Å². The molecule has 76 valence electrons. The van der Waals surface area contributed by atoms with E-state index in [-0.39, 0.29) is 5.82 Å². The average molecular weight is 222 g/mol. The second-order valence-corrected chi connectivity index (χ2v) is 3.44. The predicted octanol–water partition coefficient (Wildman–Crippen LogP) is 3.63. The van der Waals surface area contributed by atoms with Gasteiger partial charge in [0, 0.05) is 23.8 Å². The lowest BCUT2D eigenvalue weighted by atomic mass is 10.0. The van der Waals surface area contributed by atoms with Gasteiger partial charge in [-0.15, -0.1) is 11.6 Å². The van der Waals surface area contributed by atoms with Crippen LogP contribution in [-0.2, 0) is 5.88 Å². The van der Waals surface area contributed by atoms with E-state index in [0.717, 1.165) is 16.7 Å². The van der Waals surface area contributed by atoms with Crippen molar-refractivity contribution in [2.75, 3.05) is 0 Å². The summed E-state index contributed by atoms with van der Waals surface area (Å²) in [4.78, 5) is 4.04. The van der Waals surface area contributed by atoms with Crippen LogP contribution in [0.3, 0.4) is 0 Å². The van der Waals surface area contributed by atoms with Gasteiger partial charge in [-0.05, 0) is 29.3 Å². The first-order valence-corrected chi connectivity index (χ1v) is 5.09. The maximum atomic E-state index is 12.7. The molecular formula is C12H9ClFN. The molecule has 0 aliphatic heterocycles. The Morgan fingerprint density at radius 1 is 1.13 bits per heavy atom. The highest BCUT2D eigenvalue weighted by Gasteiger charge is 2.03. The SMILES string of the molecule is Fc1ccc(-c2cnccc2CCl)cc1. The first kappa shape index (κ1) is 10.1. The van der Waals surface area contributed by atoms with Gasteiger partial charge in [0.05, 0.1) is 0 Å². The minimum atomic E-state index is -0.241. The lowest BCUT2D eigenvalue weighted by Crippen LogP contribution is -1.87. The number of benzene rings is 1. The average Bonchev–Trinajstić information content (AvgIpc) is 2.30. The molecule has 0 saturated heterocycles. The molecule has 0 bridgehead atoms. The van der Waals surface area contributed by atoms with Crippen molar-refractivity contribution >= 4 is 11.6 Å². The fraction of sp³-hybridized carbons (Fsp3) is 0.0833. The standard InChI is InChI=1S/C12H9ClFN/c13-7-10-5-6-15-8-12(10)9-1-3-11(14)4-2-9/h1-6,8H,7H2. The van der Waals surface area contributed by atoms with Crippen molar-refractivity contribution < 1.29 is 4.39 Å². The minimum absolute atomic E-state index is 0.241. The van der Waals surface area contributed by atoms with Crippen LogP contribution in [0.2, 0.25) is 0 Å². The lowest BCUT2D eigenvalue weighted by molar-refractivity contribution is 0.628. The molecule has 0 unspecified atom stereocenters. The lowest BCUT2D eigenvalue weighted by Gasteiger charge is -2.05. The van der Waals surface area contributed by atoms with Gasteiger partial charge < -0.3 is 0 Å². The Morgan fingerprint density at radius 3 is 2.53 bits per heavy atom. The topological polar surface area (TPSA) is 12.9 Å². The Labute approximate surface area is 92.5 Å². The van der Waals surface area contributed by atoms with Crippen LogP contribution in [0, 0.1) is 5.82 Å². The molecule has 0 radical (unpaired) electrons. The van der Waals surface area contributed by atoms with Crippen LogP contribution in [0.1, 0.15) is 5.56 Å². The zero-order valence-electron chi connectivity index (χ0n) is 7.95. The molecule has 1 heterocycles. The van der Waals surface area contributed by atoms with Crippen molar-refractivity contribution in [1.29, 1.82) is 0 Å². The van der Waals surface area contributed by atoms with Crippen LogP contribution >= 0.6 is 11.6 Å². The summed E-state index contributed by atoms with van der Waals surface area (Å²) in [5.74, 6) is 0.185. The van der Waals surface area contributed by atoms with Gasteiger partial charge in [-0.2, -0.15) is 0 Å². The minimum Gasteiger partial charge on any atom is -0.264 e. The summed E-state index contributed by atoms with van der Waals surface area (Å²) in [6, 6.07) is 8.18. The van der Waals surface area contributed by atoms with E-state index in [4.69, 9.17) is 11.6 Å². The molecule has 0 aliphatic carbocycles. The largest absolute Gasteiger partial charge is 0.264 e. The van der Waals surface area contributed by atoms with Crippen molar-refractivity contribution in [2.45, 2.75) is 5.88 Å². The molecule has 15 heavy (non-hydrogen) atoms. The molecule has 1 nitrogen and oxygen atoms in total. The van der Waals surface area contributed by atoms with Crippen molar-refractivity contribution in [2.24, 2.45) is 0 Å². The van der Waals surface area contributed by atoms with Crippen molar-refractivity contribution in [3.63, 3.8) is 0 Å². The van der Waals surface area contributed by atoms with E-state index in [9.17, 15) is 4.39 Å². The first-order valence-electron chi connectivity index (χ1n) is 4.56. The van der Waals surface area contributed by atoms with Crippen LogP contribution in [-0.4, -0.2) is 4.98 Å². The summed E-state index contributed by atoms with van der Waals surface area (Å²) in [6.45, 7) is 0. The molecule has 2 rings (SSSR count). The van der Waals surface area contributed by atoms with E-state index in [1.54, 1.807) is 24.5 Å². The van der Waals surface area contributed by atoms with Gasteiger partial charge in [-0.3, -0.25) is 4.98 Å². The smallest absolute Gasteiger partial charge is 0.123 e. The van der Waals surface area contributed by atoms with Gasteiger partial charge in [0.2, 0.25) is 0 Å². The number of hydrogen-bond acceptors (Lipinski definition) is 1. The second kappa shape index (κ2) is 4.41. The third-order valence-corrected chi connectivity index (χ3v) is 2.50. The molecule has 2 aromatic rings. The zero-order chi connectivity index (χ0) is 10.7. The number of aromatic nitrogens is 1. The Hall–Kier alpha value is -1.41. The molecule has 3 heteroatoms. The van der Waals surface area contributed by atoms with Crippen LogP contribution in [0.4, 0.5) is 4.39 Å². The number of pyridine rings is 1. The van der Waals surface area contributed by atoms with Gasteiger partial charge in [-0.25, -0.2) is 4.39 Å². The van der Waals surface area contributed by atoms with E-state index in [2.05, 4.69) is 4.98 Å². The molecular weight excluding hydrogens is 213 g/mol. The van der Waals surface area contributed by atoms with Crippen LogP contribution in [0.25, 0.3) is 11.1 Å². The molecule has 0 spiro atoms. The number of hydrogen-bond donors (Lipinski definition) is 0. The molecule has 0 aliphatic rings. The van der Waals surface area contributed by atoms with Gasteiger partial charge >= 0.3 is 0 Å². The summed E-state index contributed by atoms with van der Waals surface area (Å²) < 4.78 is 12.7. The number of nitrogens with zero attached hydrogens (tertiary/aromatic N) is 1. The molecule has 0 fully saturated rings. The highest BCUT2D eigenvalue weighted by molar-refractivity contribution is 6.17. The quantitative estimate of drug-likeness (QED) is 0.706. The van der Waals surface area contributed by atoms with E-state index >= 15 is 0 Å². The molecule has 0 amide bonds. The summed E-state index contributed by atoms with van der Waals surface area (Å²) in [7, 11) is 0. The first-order chi connectivity index (χ1) is 7.31. The summed E-state index contributed by atoms with van der Waals surface area (Å²) >= 11 is 5.81. The van der Waals surface area contributed by atoms with E-state index < -0.39 is 0 Å². The monoisotopic (exact) mass is 221 g/mol. The predicted molar refractivity (Wildman–Crippen MR) is 59.2 cm³/mol. The normalized spacial score (nSPS) is 10.3. The van der Waals surface area contributed by atoms with Crippen LogP contribution in [0.5, 0.6) is 0 Å². The van der Waals surface area contributed by atoms with Crippen LogP contribution < -0.4 is 0 Å². The second-order valence-electron chi connectivity index (χ2n) is 3.17. The molecule has 0 atom stereocenters. The maximum Gasteiger partial charge on any atom is 0.123 e. The maximum absolute atomic E-state index is 12.7. The third-order valence-electron chi connectivity index (χ3n) is 2.21. The molecule has 0 saturated carbocycles. The van der Waals surface area contributed by atoms with Crippen LogP contribution in [0.15, 0.2) is 42.7 Å². The number of rotatable bonds is 2. The van der Waals surface area contributed by atoms with E-state index in [1.807, 2.05) is 6.07 Å². The third kappa shape index (κ3) is 2.16. The fourth-order valence-electron chi connectivity index (χ4n) is 1.43. The summed E-state index contributed by atoms with van der Waals surface area (Å²) in [5.41, 5.74) is 2.88. The summed E-state index contributed by atoms with van der Waals surface area (Å²) in [6.07, 6.45) is 3.44. The number of alkyl halides is 1. The van der Waals surface area contributed by atoms with Gasteiger partial charge in [0.1, 0.15) is 5.82 Å². The Balaban J connectivity index is 2.49. The molecule has 1 aromatic carbocycles. The Bertz CT molecular complexity index is 453. The van der Waals surface area contributed by atoms with E-state index in [0.29, 0.717) is 5.88 Å². The highest BCUT2D eigenvalue weighted by Crippen LogP contribution is 2.23. The molecule has 1 aromatic heterocycles. The summed E-state index contributed by atoms with van der Waals surface area (Å²) in [5, 5.41) is 0. The highest BCUT2D eigenvalue weighted by atomic mass is 35.5. The number of halogens is 2. The van der Waals surface area contributed by atoms with Gasteiger partial charge in [-0.1, -0.05) is 12.1 Å².